The molecule has 1 aliphatic heterocycles. The number of hydrogen-bond donors (Lipinski definition) is 2. The molecule has 2 amide bonds. The maximum Gasteiger partial charge on any atom is 0.319 e. The molecule has 7 heteroatoms. The smallest absolute Gasteiger partial charge is 0.319 e. The largest absolute Gasteiger partial charge is 0.398 e. The molecule has 1 aliphatic rings. The van der Waals surface area contributed by atoms with E-state index in [-0.39, 0.29) is 6.03 Å². The number of nitrogens with zero attached hydrogens (tertiary/aromatic N) is 3. The van der Waals surface area contributed by atoms with Crippen molar-refractivity contribution in [3.05, 3.63) is 22.7 Å². The number of urea groups is 1. The molecule has 114 valence electrons. The quantitative estimate of drug-likeness (QED) is 0.645. The normalized spacial score (nSPS) is 15.0. The summed E-state index contributed by atoms with van der Waals surface area (Å²) in [4.78, 5) is 17.4. The number of nitrogens with one attached hydrogen (secondary N) is 1. The van der Waals surface area contributed by atoms with Crippen LogP contribution in [0.5, 0.6) is 0 Å². The first-order chi connectivity index (χ1) is 9.93. The molecule has 1 fully saturated rings. The first-order valence-corrected chi connectivity index (χ1v) is 7.12. The summed E-state index contributed by atoms with van der Waals surface area (Å²) in [7, 11) is 3.50. The van der Waals surface area contributed by atoms with Crippen molar-refractivity contribution in [1.29, 1.82) is 5.41 Å². The highest BCUT2D eigenvalue weighted by Gasteiger charge is 2.24. The van der Waals surface area contributed by atoms with Crippen molar-refractivity contribution < 1.29 is 4.79 Å². The van der Waals surface area contributed by atoms with Crippen LogP contribution in [0.25, 0.3) is 0 Å². The average Bonchev–Trinajstić information content (AvgIpc) is 2.46. The van der Waals surface area contributed by atoms with Crippen LogP contribution in [0.2, 0.25) is 5.02 Å². The second-order valence-corrected chi connectivity index (χ2v) is 5.66. The lowest BCUT2D eigenvalue weighted by molar-refractivity contribution is 0.168. The minimum Gasteiger partial charge on any atom is -0.398 e. The van der Waals surface area contributed by atoms with Crippen LogP contribution in [0.4, 0.5) is 16.2 Å². The summed E-state index contributed by atoms with van der Waals surface area (Å²) < 4.78 is 0. The van der Waals surface area contributed by atoms with Gasteiger partial charge in [0, 0.05) is 68.4 Å². The fourth-order valence-corrected chi connectivity index (χ4v) is 2.69. The second-order valence-electron chi connectivity index (χ2n) is 5.22. The topological polar surface area (TPSA) is 76.7 Å². The zero-order chi connectivity index (χ0) is 15.6. The minimum atomic E-state index is 0.0209. The van der Waals surface area contributed by atoms with Gasteiger partial charge in [-0.05, 0) is 12.1 Å². The molecular weight excluding hydrogens is 290 g/mol. The highest BCUT2D eigenvalue weighted by Crippen LogP contribution is 2.29. The number of nitrogens with two attached hydrogens (primary N) is 1. The van der Waals surface area contributed by atoms with E-state index in [0.717, 1.165) is 5.69 Å². The molecule has 3 N–H and O–H groups in total. The molecule has 21 heavy (non-hydrogen) atoms. The van der Waals surface area contributed by atoms with E-state index in [1.807, 2.05) is 11.0 Å². The standard InChI is InChI=1S/C14H20ClN5O/c1-18(2)14(21)20-5-3-19(4-6-20)13-8-10(15)7-12(17)11(13)9-16/h7-9,16H,3-6,17H2,1-2H3. The molecule has 1 saturated heterocycles. The molecule has 0 atom stereocenters. The van der Waals surface area contributed by atoms with E-state index < -0.39 is 0 Å². The Labute approximate surface area is 129 Å². The number of carbonyl (C=O) groups excluding carboxylic acids is 1. The van der Waals surface area contributed by atoms with Gasteiger partial charge in [-0.2, -0.15) is 0 Å². The third-order valence-electron chi connectivity index (χ3n) is 3.57. The lowest BCUT2D eigenvalue weighted by Crippen LogP contribution is -2.51. The van der Waals surface area contributed by atoms with Crippen molar-refractivity contribution in [3.8, 4) is 0 Å². The van der Waals surface area contributed by atoms with Crippen LogP contribution < -0.4 is 10.6 Å². The van der Waals surface area contributed by atoms with Crippen LogP contribution in [0.15, 0.2) is 12.1 Å². The predicted molar refractivity (Wildman–Crippen MR) is 86.6 cm³/mol. The van der Waals surface area contributed by atoms with Crippen molar-refractivity contribution >= 4 is 35.2 Å². The summed E-state index contributed by atoms with van der Waals surface area (Å²) in [5.41, 5.74) is 7.95. The zero-order valence-electron chi connectivity index (χ0n) is 12.3. The Balaban J connectivity index is 2.16. The molecule has 0 spiro atoms. The molecule has 0 aliphatic carbocycles. The number of piperazine rings is 1. The number of amides is 2. The maximum absolute atomic E-state index is 11.9. The van der Waals surface area contributed by atoms with Crippen LogP contribution >= 0.6 is 11.6 Å². The van der Waals surface area contributed by atoms with Crippen LogP contribution in [0, 0.1) is 5.41 Å². The van der Waals surface area contributed by atoms with Gasteiger partial charge >= 0.3 is 6.03 Å². The summed E-state index contributed by atoms with van der Waals surface area (Å²) in [6, 6.07) is 3.49. The first-order valence-electron chi connectivity index (χ1n) is 6.74. The van der Waals surface area contributed by atoms with Gasteiger partial charge in [0.1, 0.15) is 0 Å². The van der Waals surface area contributed by atoms with Crippen molar-refractivity contribution in [2.45, 2.75) is 0 Å². The highest BCUT2D eigenvalue weighted by atomic mass is 35.5. The van der Waals surface area contributed by atoms with Crippen LogP contribution in [0.1, 0.15) is 5.56 Å². The number of nitrogen functional groups attached to an aromatic ring is 1. The molecule has 0 saturated carbocycles. The summed E-state index contributed by atoms with van der Waals surface area (Å²) in [5.74, 6) is 0. The summed E-state index contributed by atoms with van der Waals surface area (Å²) in [6.07, 6.45) is 1.25. The van der Waals surface area contributed by atoms with E-state index in [9.17, 15) is 4.79 Å². The molecule has 1 aromatic carbocycles. The van der Waals surface area contributed by atoms with Crippen molar-refractivity contribution in [1.82, 2.24) is 9.80 Å². The molecule has 1 heterocycles. The lowest BCUT2D eigenvalue weighted by atomic mass is 10.1. The van der Waals surface area contributed by atoms with E-state index in [4.69, 9.17) is 22.7 Å². The zero-order valence-corrected chi connectivity index (χ0v) is 13.0. The van der Waals surface area contributed by atoms with Crippen molar-refractivity contribution in [2.75, 3.05) is 50.9 Å². The van der Waals surface area contributed by atoms with Gasteiger partial charge in [-0.15, -0.1) is 0 Å². The number of halogens is 1. The number of benzene rings is 1. The molecule has 1 aromatic rings. The monoisotopic (exact) mass is 309 g/mol. The van der Waals surface area contributed by atoms with Gasteiger partial charge < -0.3 is 25.8 Å². The minimum absolute atomic E-state index is 0.0209. The lowest BCUT2D eigenvalue weighted by Gasteiger charge is -2.37. The molecule has 6 nitrogen and oxygen atoms in total. The fraction of sp³-hybridized carbons (Fsp3) is 0.429. The van der Waals surface area contributed by atoms with Gasteiger partial charge in [0.05, 0.1) is 0 Å². The predicted octanol–water partition coefficient (Wildman–Crippen LogP) is 1.72. The Kier molecular flexibility index (Phi) is 4.57. The molecule has 0 radical (unpaired) electrons. The summed E-state index contributed by atoms with van der Waals surface area (Å²) >= 11 is 6.07. The van der Waals surface area contributed by atoms with E-state index >= 15 is 0 Å². The Hall–Kier alpha value is -1.95. The third-order valence-corrected chi connectivity index (χ3v) is 3.79. The highest BCUT2D eigenvalue weighted by molar-refractivity contribution is 6.31. The second kappa shape index (κ2) is 6.22. The Morgan fingerprint density at radius 3 is 2.48 bits per heavy atom. The van der Waals surface area contributed by atoms with E-state index in [2.05, 4.69) is 4.90 Å². The molecule has 0 aromatic heterocycles. The fourth-order valence-electron chi connectivity index (χ4n) is 2.46. The van der Waals surface area contributed by atoms with Crippen molar-refractivity contribution in [2.24, 2.45) is 0 Å². The number of hydrogen-bond acceptors (Lipinski definition) is 4. The number of anilines is 2. The molecular formula is C14H20ClN5O. The van der Waals surface area contributed by atoms with Gasteiger partial charge in [0.2, 0.25) is 0 Å². The molecule has 2 rings (SSSR count). The van der Waals surface area contributed by atoms with Gasteiger partial charge in [0.15, 0.2) is 0 Å². The van der Waals surface area contributed by atoms with Gasteiger partial charge in [-0.3, -0.25) is 0 Å². The van der Waals surface area contributed by atoms with Gasteiger partial charge in [-0.1, -0.05) is 11.6 Å². The Bertz CT molecular complexity index is 553. The number of carbonyl (C=O) groups is 1. The SMILES string of the molecule is CN(C)C(=O)N1CCN(c2cc(Cl)cc(N)c2C=N)CC1. The van der Waals surface area contributed by atoms with Gasteiger partial charge in [0.25, 0.3) is 0 Å². The van der Waals surface area contributed by atoms with E-state index in [1.54, 1.807) is 25.1 Å². The van der Waals surface area contributed by atoms with Gasteiger partial charge in [-0.25, -0.2) is 4.79 Å². The first kappa shape index (κ1) is 15.4. The van der Waals surface area contributed by atoms with Crippen LogP contribution in [-0.2, 0) is 0 Å². The van der Waals surface area contributed by atoms with E-state index in [1.165, 1.54) is 6.21 Å². The molecule has 0 bridgehead atoms. The number of rotatable bonds is 2. The Morgan fingerprint density at radius 2 is 1.95 bits per heavy atom. The summed E-state index contributed by atoms with van der Waals surface area (Å²) in [6.45, 7) is 2.67. The van der Waals surface area contributed by atoms with Crippen LogP contribution in [0.3, 0.4) is 0 Å². The summed E-state index contributed by atoms with van der Waals surface area (Å²) in [5, 5.41) is 8.09. The Morgan fingerprint density at radius 1 is 1.33 bits per heavy atom. The van der Waals surface area contributed by atoms with E-state index in [0.29, 0.717) is 42.5 Å². The average molecular weight is 310 g/mol. The molecule has 0 unspecified atom stereocenters. The van der Waals surface area contributed by atoms with Crippen LogP contribution in [-0.4, -0.2) is 62.3 Å². The maximum atomic E-state index is 11.9. The van der Waals surface area contributed by atoms with Crippen molar-refractivity contribution in [3.63, 3.8) is 0 Å². The third kappa shape index (κ3) is 3.21.